The summed E-state index contributed by atoms with van der Waals surface area (Å²) in [6.45, 7) is -2.10. The molecule has 0 unspecified atom stereocenters. The van der Waals surface area contributed by atoms with Crippen LogP contribution in [-0.2, 0) is 4.79 Å². The lowest BCUT2D eigenvalue weighted by Crippen LogP contribution is -2.28. The molecule has 3 nitrogen and oxygen atoms in total. The predicted octanol–water partition coefficient (Wildman–Crippen LogP) is 4.00. The molecule has 0 radical (unpaired) electrons. The lowest BCUT2D eigenvalue weighted by molar-refractivity contribution is -0.116. The number of hydrogen-bond donors (Lipinski definition) is 1. The average Bonchev–Trinajstić information content (AvgIpc) is 2.53. The van der Waals surface area contributed by atoms with Gasteiger partial charge in [0, 0.05) is 12.6 Å². The Morgan fingerprint density at radius 3 is 2.55 bits per heavy atom. The largest absolute Gasteiger partial charge is 0.435 e. The van der Waals surface area contributed by atoms with Crippen LogP contribution in [0.5, 0.6) is 5.75 Å². The Morgan fingerprint density at radius 2 is 1.91 bits per heavy atom. The van der Waals surface area contributed by atoms with Crippen LogP contribution in [0.15, 0.2) is 30.3 Å². The maximum Gasteiger partial charge on any atom is 0.387 e. The van der Waals surface area contributed by atoms with Crippen molar-refractivity contribution in [3.63, 3.8) is 0 Å². The standard InChI is InChI=1S/C17H21F2NO2/c18-17(19)22-15-9-6-13(7-10-15)8-11-16(21)20-12-14-4-2-1-3-5-14/h6-11,14,17H,1-5,12H2,(H,20,21). The summed E-state index contributed by atoms with van der Waals surface area (Å²) in [5, 5.41) is 2.91. The van der Waals surface area contributed by atoms with Gasteiger partial charge in [-0.05, 0) is 42.5 Å². The summed E-state index contributed by atoms with van der Waals surface area (Å²) in [5.74, 6) is 0.573. The number of benzene rings is 1. The molecule has 0 bridgehead atoms. The average molecular weight is 309 g/mol. The molecule has 5 heteroatoms. The number of amides is 1. The third-order valence-corrected chi connectivity index (χ3v) is 3.82. The van der Waals surface area contributed by atoms with Gasteiger partial charge in [0.2, 0.25) is 5.91 Å². The van der Waals surface area contributed by atoms with Crippen molar-refractivity contribution in [2.45, 2.75) is 38.7 Å². The first-order valence-electron chi connectivity index (χ1n) is 7.64. The summed E-state index contributed by atoms with van der Waals surface area (Å²) < 4.78 is 28.3. The molecule has 0 saturated heterocycles. The monoisotopic (exact) mass is 309 g/mol. The van der Waals surface area contributed by atoms with Crippen LogP contribution in [0.2, 0.25) is 0 Å². The Hall–Kier alpha value is -1.91. The molecule has 1 aliphatic rings. The molecule has 1 N–H and O–H groups in total. The summed E-state index contributed by atoms with van der Waals surface area (Å²) in [6.07, 6.45) is 9.31. The highest BCUT2D eigenvalue weighted by atomic mass is 19.3. The van der Waals surface area contributed by atoms with E-state index in [0.29, 0.717) is 5.92 Å². The Labute approximate surface area is 129 Å². The number of alkyl halides is 2. The first-order valence-corrected chi connectivity index (χ1v) is 7.64. The van der Waals surface area contributed by atoms with Crippen molar-refractivity contribution in [3.05, 3.63) is 35.9 Å². The van der Waals surface area contributed by atoms with Gasteiger partial charge in [0.1, 0.15) is 5.75 Å². The van der Waals surface area contributed by atoms with Crippen LogP contribution >= 0.6 is 0 Å². The molecule has 1 aromatic carbocycles. The van der Waals surface area contributed by atoms with E-state index in [0.717, 1.165) is 12.1 Å². The maximum atomic E-state index is 12.0. The first-order chi connectivity index (χ1) is 10.6. The van der Waals surface area contributed by atoms with Gasteiger partial charge in [0.05, 0.1) is 0 Å². The number of nitrogens with one attached hydrogen (secondary N) is 1. The SMILES string of the molecule is O=C(C=Cc1ccc(OC(F)F)cc1)NCC1CCCCC1. The van der Waals surface area contributed by atoms with Crippen LogP contribution in [0.1, 0.15) is 37.7 Å². The first kappa shape index (κ1) is 16.5. The lowest BCUT2D eigenvalue weighted by atomic mass is 9.89. The van der Waals surface area contributed by atoms with Crippen LogP contribution in [0.25, 0.3) is 6.08 Å². The minimum Gasteiger partial charge on any atom is -0.435 e. The van der Waals surface area contributed by atoms with Crippen LogP contribution in [0.3, 0.4) is 0 Å². The van der Waals surface area contributed by atoms with Crippen molar-refractivity contribution < 1.29 is 18.3 Å². The van der Waals surface area contributed by atoms with Crippen LogP contribution < -0.4 is 10.1 Å². The molecule has 1 saturated carbocycles. The Balaban J connectivity index is 1.76. The fraction of sp³-hybridized carbons (Fsp3) is 0.471. The molecular formula is C17H21F2NO2. The van der Waals surface area contributed by atoms with Crippen LogP contribution in [0, 0.1) is 5.92 Å². The third-order valence-electron chi connectivity index (χ3n) is 3.82. The van der Waals surface area contributed by atoms with Crippen molar-refractivity contribution in [2.75, 3.05) is 6.54 Å². The van der Waals surface area contributed by atoms with E-state index in [2.05, 4.69) is 10.1 Å². The topological polar surface area (TPSA) is 38.3 Å². The predicted molar refractivity (Wildman–Crippen MR) is 81.7 cm³/mol. The van der Waals surface area contributed by atoms with Gasteiger partial charge >= 0.3 is 6.61 Å². The number of halogens is 2. The highest BCUT2D eigenvalue weighted by molar-refractivity contribution is 5.91. The molecule has 1 aromatic rings. The molecule has 1 aliphatic carbocycles. The second-order valence-electron chi connectivity index (χ2n) is 5.53. The van der Waals surface area contributed by atoms with E-state index in [1.54, 1.807) is 18.2 Å². The highest BCUT2D eigenvalue weighted by Gasteiger charge is 2.13. The minimum absolute atomic E-state index is 0.105. The van der Waals surface area contributed by atoms with Crippen LogP contribution in [-0.4, -0.2) is 19.1 Å². The van der Waals surface area contributed by atoms with E-state index in [9.17, 15) is 13.6 Å². The molecule has 2 rings (SSSR count). The normalized spacial score (nSPS) is 16.1. The summed E-state index contributed by atoms with van der Waals surface area (Å²) in [6, 6.07) is 6.16. The lowest BCUT2D eigenvalue weighted by Gasteiger charge is -2.21. The maximum absolute atomic E-state index is 12.0. The molecular weight excluding hydrogens is 288 g/mol. The number of carbonyl (C=O) groups excluding carboxylic acids is 1. The summed E-state index contributed by atoms with van der Waals surface area (Å²) in [4.78, 5) is 11.7. The second-order valence-corrected chi connectivity index (χ2v) is 5.53. The number of carbonyl (C=O) groups is 1. The smallest absolute Gasteiger partial charge is 0.387 e. The fourth-order valence-electron chi connectivity index (χ4n) is 2.63. The molecule has 0 spiro atoms. The quantitative estimate of drug-likeness (QED) is 0.807. The molecule has 0 aromatic heterocycles. The van der Waals surface area contributed by atoms with E-state index in [1.165, 1.54) is 50.3 Å². The highest BCUT2D eigenvalue weighted by Crippen LogP contribution is 2.22. The van der Waals surface area contributed by atoms with Crippen molar-refractivity contribution in [1.82, 2.24) is 5.32 Å². The zero-order chi connectivity index (χ0) is 15.8. The zero-order valence-corrected chi connectivity index (χ0v) is 12.4. The fourth-order valence-corrected chi connectivity index (χ4v) is 2.63. The Morgan fingerprint density at radius 1 is 1.23 bits per heavy atom. The van der Waals surface area contributed by atoms with Crippen molar-refractivity contribution >= 4 is 12.0 Å². The second kappa shape index (κ2) is 8.51. The van der Waals surface area contributed by atoms with Gasteiger partial charge in [0.15, 0.2) is 0 Å². The van der Waals surface area contributed by atoms with Crippen molar-refractivity contribution in [2.24, 2.45) is 5.92 Å². The molecule has 1 amide bonds. The van der Waals surface area contributed by atoms with Gasteiger partial charge in [0.25, 0.3) is 0 Å². The van der Waals surface area contributed by atoms with Gasteiger partial charge < -0.3 is 10.1 Å². The van der Waals surface area contributed by atoms with Crippen molar-refractivity contribution in [1.29, 1.82) is 0 Å². The minimum atomic E-state index is -2.83. The van der Waals surface area contributed by atoms with Crippen LogP contribution in [0.4, 0.5) is 8.78 Å². The van der Waals surface area contributed by atoms with E-state index >= 15 is 0 Å². The van der Waals surface area contributed by atoms with E-state index in [-0.39, 0.29) is 11.7 Å². The van der Waals surface area contributed by atoms with E-state index < -0.39 is 6.61 Å². The number of ether oxygens (including phenoxy) is 1. The molecule has 0 atom stereocenters. The molecule has 0 aliphatic heterocycles. The number of rotatable bonds is 6. The summed E-state index contributed by atoms with van der Waals surface area (Å²) in [5.41, 5.74) is 0.759. The van der Waals surface area contributed by atoms with Gasteiger partial charge in [-0.1, -0.05) is 31.4 Å². The molecule has 1 fully saturated rings. The summed E-state index contributed by atoms with van der Waals surface area (Å²) >= 11 is 0. The summed E-state index contributed by atoms with van der Waals surface area (Å²) in [7, 11) is 0. The van der Waals surface area contributed by atoms with Gasteiger partial charge in [-0.3, -0.25) is 4.79 Å². The van der Waals surface area contributed by atoms with Gasteiger partial charge in [-0.25, -0.2) is 0 Å². The molecule has 120 valence electrons. The van der Waals surface area contributed by atoms with Gasteiger partial charge in [-0.15, -0.1) is 0 Å². The van der Waals surface area contributed by atoms with E-state index in [4.69, 9.17) is 0 Å². The van der Waals surface area contributed by atoms with Gasteiger partial charge in [-0.2, -0.15) is 8.78 Å². The molecule has 22 heavy (non-hydrogen) atoms. The van der Waals surface area contributed by atoms with Crippen molar-refractivity contribution in [3.8, 4) is 5.75 Å². The Kier molecular flexibility index (Phi) is 6.37. The van der Waals surface area contributed by atoms with E-state index in [1.807, 2.05) is 0 Å². The third kappa shape index (κ3) is 5.84. The number of hydrogen-bond acceptors (Lipinski definition) is 2. The zero-order valence-electron chi connectivity index (χ0n) is 12.4. The Bertz CT molecular complexity index is 494. The molecule has 0 heterocycles.